The molecule has 0 spiro atoms. The van der Waals surface area contributed by atoms with Gasteiger partial charge in [-0.2, -0.15) is 0 Å². The summed E-state index contributed by atoms with van der Waals surface area (Å²) in [5, 5.41) is 0. The third-order valence-electron chi connectivity index (χ3n) is 4.11. The SMILES string of the molecule is CCc1ccc([C@H]2CO[C@H](c3ccc(C)cc3)CO2)cc1. The van der Waals surface area contributed by atoms with E-state index < -0.39 is 0 Å². The number of aryl methyl sites for hydroxylation is 2. The van der Waals surface area contributed by atoms with Crippen LogP contribution in [-0.4, -0.2) is 13.2 Å². The Labute approximate surface area is 126 Å². The molecule has 0 saturated carbocycles. The molecular weight excluding hydrogens is 260 g/mol. The maximum Gasteiger partial charge on any atom is 0.106 e. The zero-order valence-electron chi connectivity index (χ0n) is 12.7. The van der Waals surface area contributed by atoms with Crippen LogP contribution in [0.3, 0.4) is 0 Å². The monoisotopic (exact) mass is 282 g/mol. The van der Waals surface area contributed by atoms with Crippen molar-refractivity contribution in [3.05, 3.63) is 70.8 Å². The molecule has 1 fully saturated rings. The summed E-state index contributed by atoms with van der Waals surface area (Å²) in [6, 6.07) is 17.1. The van der Waals surface area contributed by atoms with E-state index in [9.17, 15) is 0 Å². The second-order valence-corrected chi connectivity index (χ2v) is 5.65. The predicted octanol–water partition coefficient (Wildman–Crippen LogP) is 4.39. The van der Waals surface area contributed by atoms with Gasteiger partial charge in [-0.05, 0) is 30.0 Å². The van der Waals surface area contributed by atoms with Gasteiger partial charge in [0.1, 0.15) is 12.2 Å². The summed E-state index contributed by atoms with van der Waals surface area (Å²) >= 11 is 0. The number of hydrogen-bond donors (Lipinski definition) is 0. The van der Waals surface area contributed by atoms with Gasteiger partial charge in [-0.1, -0.05) is 61.0 Å². The van der Waals surface area contributed by atoms with E-state index >= 15 is 0 Å². The number of benzene rings is 2. The van der Waals surface area contributed by atoms with Crippen LogP contribution in [0.2, 0.25) is 0 Å². The van der Waals surface area contributed by atoms with Gasteiger partial charge in [0.05, 0.1) is 13.2 Å². The van der Waals surface area contributed by atoms with Crippen LogP contribution in [0.4, 0.5) is 0 Å². The van der Waals surface area contributed by atoms with E-state index in [1.165, 1.54) is 22.3 Å². The first kappa shape index (κ1) is 14.3. The molecule has 1 saturated heterocycles. The molecular formula is C19H22O2. The van der Waals surface area contributed by atoms with Gasteiger partial charge in [-0.3, -0.25) is 0 Å². The summed E-state index contributed by atoms with van der Waals surface area (Å²) in [6.45, 7) is 5.49. The summed E-state index contributed by atoms with van der Waals surface area (Å²) in [5.41, 5.74) is 5.02. The van der Waals surface area contributed by atoms with E-state index in [1.807, 2.05) is 0 Å². The number of rotatable bonds is 3. The molecule has 0 aromatic heterocycles. The Kier molecular flexibility index (Phi) is 4.37. The Morgan fingerprint density at radius 1 is 0.810 bits per heavy atom. The molecule has 2 nitrogen and oxygen atoms in total. The van der Waals surface area contributed by atoms with Gasteiger partial charge in [0.2, 0.25) is 0 Å². The van der Waals surface area contributed by atoms with Gasteiger partial charge < -0.3 is 9.47 Å². The van der Waals surface area contributed by atoms with Gasteiger partial charge in [0, 0.05) is 0 Å². The Balaban J connectivity index is 1.62. The van der Waals surface area contributed by atoms with Crippen LogP contribution in [0.15, 0.2) is 48.5 Å². The average molecular weight is 282 g/mol. The molecule has 2 heteroatoms. The highest BCUT2D eigenvalue weighted by Crippen LogP contribution is 2.30. The predicted molar refractivity (Wildman–Crippen MR) is 84.4 cm³/mol. The molecule has 1 aliphatic rings. The molecule has 0 bridgehead atoms. The van der Waals surface area contributed by atoms with E-state index in [-0.39, 0.29) is 12.2 Å². The van der Waals surface area contributed by atoms with Gasteiger partial charge in [-0.15, -0.1) is 0 Å². The van der Waals surface area contributed by atoms with Crippen molar-refractivity contribution >= 4 is 0 Å². The Bertz CT molecular complexity index is 564. The molecule has 2 atom stereocenters. The summed E-state index contributed by atoms with van der Waals surface area (Å²) in [4.78, 5) is 0. The minimum Gasteiger partial charge on any atom is -0.368 e. The molecule has 0 unspecified atom stereocenters. The van der Waals surface area contributed by atoms with Crippen molar-refractivity contribution in [1.82, 2.24) is 0 Å². The highest BCUT2D eigenvalue weighted by Gasteiger charge is 2.24. The van der Waals surface area contributed by atoms with E-state index in [0.29, 0.717) is 13.2 Å². The van der Waals surface area contributed by atoms with Crippen LogP contribution in [-0.2, 0) is 15.9 Å². The van der Waals surface area contributed by atoms with E-state index in [2.05, 4.69) is 62.4 Å². The van der Waals surface area contributed by atoms with Crippen molar-refractivity contribution < 1.29 is 9.47 Å². The second kappa shape index (κ2) is 6.42. The molecule has 0 radical (unpaired) electrons. The van der Waals surface area contributed by atoms with Crippen LogP contribution in [0.25, 0.3) is 0 Å². The fourth-order valence-electron chi connectivity index (χ4n) is 2.64. The van der Waals surface area contributed by atoms with Crippen LogP contribution in [0, 0.1) is 6.92 Å². The normalized spacial score (nSPS) is 22.2. The smallest absolute Gasteiger partial charge is 0.106 e. The topological polar surface area (TPSA) is 18.5 Å². The third kappa shape index (κ3) is 3.34. The van der Waals surface area contributed by atoms with E-state index in [4.69, 9.17) is 9.47 Å². The Hall–Kier alpha value is -1.64. The first-order chi connectivity index (χ1) is 10.3. The zero-order chi connectivity index (χ0) is 14.7. The van der Waals surface area contributed by atoms with Crippen LogP contribution < -0.4 is 0 Å². The van der Waals surface area contributed by atoms with Crippen LogP contribution in [0.5, 0.6) is 0 Å². The van der Waals surface area contributed by atoms with Crippen molar-refractivity contribution in [2.24, 2.45) is 0 Å². The van der Waals surface area contributed by atoms with Gasteiger partial charge in [0.25, 0.3) is 0 Å². The second-order valence-electron chi connectivity index (χ2n) is 5.65. The summed E-state index contributed by atoms with van der Waals surface area (Å²) in [7, 11) is 0. The van der Waals surface area contributed by atoms with Crippen LogP contribution in [0.1, 0.15) is 41.4 Å². The average Bonchev–Trinajstić information content (AvgIpc) is 2.56. The van der Waals surface area contributed by atoms with Crippen molar-refractivity contribution in [2.45, 2.75) is 32.5 Å². The highest BCUT2D eigenvalue weighted by molar-refractivity contribution is 5.26. The number of ether oxygens (including phenoxy) is 2. The first-order valence-corrected chi connectivity index (χ1v) is 7.65. The lowest BCUT2D eigenvalue weighted by Gasteiger charge is -2.30. The molecule has 3 rings (SSSR count). The van der Waals surface area contributed by atoms with Crippen molar-refractivity contribution in [2.75, 3.05) is 13.2 Å². The lowest BCUT2D eigenvalue weighted by Crippen LogP contribution is -2.25. The van der Waals surface area contributed by atoms with Gasteiger partial charge >= 0.3 is 0 Å². The lowest BCUT2D eigenvalue weighted by atomic mass is 10.0. The highest BCUT2D eigenvalue weighted by atomic mass is 16.6. The van der Waals surface area contributed by atoms with Crippen molar-refractivity contribution in [1.29, 1.82) is 0 Å². The standard InChI is InChI=1S/C19H22O2/c1-3-15-6-10-17(11-7-15)19-13-20-18(12-21-19)16-8-4-14(2)5-9-16/h4-11,18-19H,3,12-13H2,1-2H3/t18-,19+/m0/s1. The molecule has 0 amide bonds. The van der Waals surface area contributed by atoms with Crippen molar-refractivity contribution in [3.8, 4) is 0 Å². The molecule has 110 valence electrons. The minimum atomic E-state index is 0.0526. The minimum absolute atomic E-state index is 0.0526. The zero-order valence-corrected chi connectivity index (χ0v) is 12.7. The first-order valence-electron chi connectivity index (χ1n) is 7.65. The lowest BCUT2D eigenvalue weighted by molar-refractivity contribution is -0.137. The largest absolute Gasteiger partial charge is 0.368 e. The maximum atomic E-state index is 6.01. The van der Waals surface area contributed by atoms with Crippen molar-refractivity contribution in [3.63, 3.8) is 0 Å². The Morgan fingerprint density at radius 3 is 1.71 bits per heavy atom. The number of hydrogen-bond acceptors (Lipinski definition) is 2. The van der Waals surface area contributed by atoms with Gasteiger partial charge in [0.15, 0.2) is 0 Å². The van der Waals surface area contributed by atoms with E-state index in [0.717, 1.165) is 6.42 Å². The maximum absolute atomic E-state index is 6.01. The molecule has 21 heavy (non-hydrogen) atoms. The molecule has 2 aromatic carbocycles. The van der Waals surface area contributed by atoms with E-state index in [1.54, 1.807) is 0 Å². The Morgan fingerprint density at radius 2 is 1.29 bits per heavy atom. The quantitative estimate of drug-likeness (QED) is 0.831. The molecule has 1 heterocycles. The molecule has 1 aliphatic heterocycles. The molecule has 0 N–H and O–H groups in total. The summed E-state index contributed by atoms with van der Waals surface area (Å²) in [6.07, 6.45) is 1.17. The summed E-state index contributed by atoms with van der Waals surface area (Å²) < 4.78 is 12.0. The van der Waals surface area contributed by atoms with Gasteiger partial charge in [-0.25, -0.2) is 0 Å². The fraction of sp³-hybridized carbons (Fsp3) is 0.368. The van der Waals surface area contributed by atoms with Crippen LogP contribution >= 0.6 is 0 Å². The molecule has 0 aliphatic carbocycles. The molecule has 2 aromatic rings. The summed E-state index contributed by atoms with van der Waals surface area (Å²) in [5.74, 6) is 0. The fourth-order valence-corrected chi connectivity index (χ4v) is 2.64. The third-order valence-corrected chi connectivity index (χ3v) is 4.11.